The fraction of sp³-hybridized carbons (Fsp3) is 0.333. The van der Waals surface area contributed by atoms with E-state index in [-0.39, 0.29) is 18.3 Å². The lowest BCUT2D eigenvalue weighted by Crippen LogP contribution is -2.10. The summed E-state index contributed by atoms with van der Waals surface area (Å²) in [5.74, 6) is 0.0299. The van der Waals surface area contributed by atoms with E-state index in [0.717, 1.165) is 4.88 Å². The normalized spacial score (nSPS) is 12.3. The van der Waals surface area contributed by atoms with Crippen molar-refractivity contribution >= 4 is 17.3 Å². The van der Waals surface area contributed by atoms with E-state index < -0.39 is 0 Å². The van der Waals surface area contributed by atoms with Gasteiger partial charge >= 0.3 is 5.97 Å². The van der Waals surface area contributed by atoms with Crippen molar-refractivity contribution in [3.05, 3.63) is 28.2 Å². The lowest BCUT2D eigenvalue weighted by molar-refractivity contribution is -0.140. The van der Waals surface area contributed by atoms with Crippen molar-refractivity contribution < 1.29 is 9.53 Å². The molecule has 0 aliphatic carbocycles. The van der Waals surface area contributed by atoms with Gasteiger partial charge in [-0.15, -0.1) is 21.5 Å². The highest BCUT2D eigenvalue weighted by Crippen LogP contribution is 2.28. The molecule has 0 bridgehead atoms. The minimum absolute atomic E-state index is 0.189. The molecule has 0 spiro atoms. The molecule has 1 unspecified atom stereocenters. The number of ether oxygens (including phenoxy) is 1. The minimum atomic E-state index is -0.289. The fourth-order valence-electron chi connectivity index (χ4n) is 1.38. The van der Waals surface area contributed by atoms with Gasteiger partial charge in [0.1, 0.15) is 0 Å². The third-order valence-corrected chi connectivity index (χ3v) is 3.14. The molecular formula is C9H10N4O2S. The minimum Gasteiger partial charge on any atom is -0.469 e. The van der Waals surface area contributed by atoms with Crippen LogP contribution in [0, 0.1) is 0 Å². The highest BCUT2D eigenvalue weighted by Gasteiger charge is 2.23. The van der Waals surface area contributed by atoms with Gasteiger partial charge in [-0.2, -0.15) is 5.21 Å². The van der Waals surface area contributed by atoms with Gasteiger partial charge in [-0.05, 0) is 11.4 Å². The monoisotopic (exact) mass is 238 g/mol. The van der Waals surface area contributed by atoms with Crippen molar-refractivity contribution in [3.8, 4) is 0 Å². The summed E-state index contributed by atoms with van der Waals surface area (Å²) in [5.41, 5.74) is 0. The quantitative estimate of drug-likeness (QED) is 0.802. The van der Waals surface area contributed by atoms with Gasteiger partial charge in [0.15, 0.2) is 5.82 Å². The summed E-state index contributed by atoms with van der Waals surface area (Å²) in [4.78, 5) is 12.3. The zero-order valence-corrected chi connectivity index (χ0v) is 9.40. The highest BCUT2D eigenvalue weighted by atomic mass is 32.1. The average molecular weight is 238 g/mol. The molecular weight excluding hydrogens is 228 g/mol. The third kappa shape index (κ3) is 2.25. The van der Waals surface area contributed by atoms with Crippen LogP contribution in [0.2, 0.25) is 0 Å². The summed E-state index contributed by atoms with van der Waals surface area (Å²) in [6, 6.07) is 3.86. The number of hydrogen-bond acceptors (Lipinski definition) is 6. The van der Waals surface area contributed by atoms with Crippen LogP contribution in [-0.4, -0.2) is 33.7 Å². The second-order valence-corrected chi connectivity index (χ2v) is 4.10. The van der Waals surface area contributed by atoms with E-state index in [1.54, 1.807) is 11.3 Å². The topological polar surface area (TPSA) is 80.8 Å². The molecule has 84 valence electrons. The molecule has 1 atom stereocenters. The van der Waals surface area contributed by atoms with Crippen LogP contribution in [0.4, 0.5) is 0 Å². The number of tetrazole rings is 1. The number of methoxy groups -OCH3 is 1. The van der Waals surface area contributed by atoms with E-state index in [0.29, 0.717) is 5.82 Å². The smallest absolute Gasteiger partial charge is 0.306 e. The van der Waals surface area contributed by atoms with Gasteiger partial charge in [0, 0.05) is 4.88 Å². The number of nitrogens with zero attached hydrogens (tertiary/aromatic N) is 3. The zero-order chi connectivity index (χ0) is 11.4. The number of carbonyl (C=O) groups excluding carboxylic acids is 1. The maximum atomic E-state index is 11.3. The lowest BCUT2D eigenvalue weighted by Gasteiger charge is -2.09. The fourth-order valence-corrected chi connectivity index (χ4v) is 2.20. The molecule has 0 radical (unpaired) electrons. The molecule has 2 aromatic rings. The van der Waals surface area contributed by atoms with Crippen LogP contribution < -0.4 is 0 Å². The molecule has 0 aliphatic rings. The van der Waals surface area contributed by atoms with E-state index in [9.17, 15) is 4.79 Å². The first-order valence-electron chi connectivity index (χ1n) is 4.65. The summed E-state index contributed by atoms with van der Waals surface area (Å²) in [7, 11) is 1.37. The van der Waals surface area contributed by atoms with Gasteiger partial charge in [0.05, 0.1) is 19.4 Å². The molecule has 0 aliphatic heterocycles. The Morgan fingerprint density at radius 3 is 3.12 bits per heavy atom. The molecule has 0 fully saturated rings. The van der Waals surface area contributed by atoms with E-state index >= 15 is 0 Å². The number of hydrogen-bond donors (Lipinski definition) is 1. The van der Waals surface area contributed by atoms with Crippen LogP contribution >= 0.6 is 11.3 Å². The number of H-pyrrole nitrogens is 1. The Labute approximate surface area is 95.6 Å². The molecule has 2 rings (SSSR count). The largest absolute Gasteiger partial charge is 0.469 e. The van der Waals surface area contributed by atoms with Crippen molar-refractivity contribution in [2.75, 3.05) is 7.11 Å². The summed E-state index contributed by atoms with van der Waals surface area (Å²) in [5, 5.41) is 15.7. The van der Waals surface area contributed by atoms with E-state index in [1.165, 1.54) is 7.11 Å². The van der Waals surface area contributed by atoms with E-state index in [2.05, 4.69) is 25.4 Å². The number of esters is 1. The standard InChI is InChI=1S/C9H10N4O2S/c1-15-8(14)5-6(7-3-2-4-16-7)9-10-12-13-11-9/h2-4,6H,5H2,1H3,(H,10,11,12,13). The Morgan fingerprint density at radius 1 is 1.69 bits per heavy atom. The molecule has 2 aromatic heterocycles. The molecule has 16 heavy (non-hydrogen) atoms. The van der Waals surface area contributed by atoms with Crippen LogP contribution in [0.25, 0.3) is 0 Å². The number of nitrogens with one attached hydrogen (secondary N) is 1. The Bertz CT molecular complexity index is 406. The Balaban J connectivity index is 2.24. The van der Waals surface area contributed by atoms with Crippen molar-refractivity contribution in [3.63, 3.8) is 0 Å². The summed E-state index contributed by atoms with van der Waals surface area (Å²) < 4.78 is 4.66. The molecule has 7 heteroatoms. The highest BCUT2D eigenvalue weighted by molar-refractivity contribution is 7.10. The average Bonchev–Trinajstić information content (AvgIpc) is 2.97. The van der Waals surface area contributed by atoms with Crippen LogP contribution in [-0.2, 0) is 9.53 Å². The van der Waals surface area contributed by atoms with Crippen LogP contribution in [0.3, 0.4) is 0 Å². The molecule has 1 N–H and O–H groups in total. The van der Waals surface area contributed by atoms with Crippen LogP contribution in [0.5, 0.6) is 0 Å². The molecule has 0 saturated carbocycles. The Morgan fingerprint density at radius 2 is 2.56 bits per heavy atom. The maximum Gasteiger partial charge on any atom is 0.306 e. The summed E-state index contributed by atoms with van der Waals surface area (Å²) >= 11 is 1.55. The molecule has 0 aromatic carbocycles. The third-order valence-electron chi connectivity index (χ3n) is 2.16. The first-order chi connectivity index (χ1) is 7.81. The predicted octanol–water partition coefficient (Wildman–Crippen LogP) is 0.956. The number of aromatic amines is 1. The van der Waals surface area contributed by atoms with Crippen LogP contribution in [0.1, 0.15) is 23.0 Å². The van der Waals surface area contributed by atoms with Crippen molar-refractivity contribution in [1.82, 2.24) is 20.6 Å². The van der Waals surface area contributed by atoms with Gasteiger partial charge in [-0.1, -0.05) is 11.3 Å². The number of carbonyl (C=O) groups is 1. The van der Waals surface area contributed by atoms with Gasteiger partial charge in [-0.3, -0.25) is 4.79 Å². The first kappa shape index (κ1) is 10.7. The van der Waals surface area contributed by atoms with Crippen molar-refractivity contribution in [2.45, 2.75) is 12.3 Å². The maximum absolute atomic E-state index is 11.3. The van der Waals surface area contributed by atoms with Crippen LogP contribution in [0.15, 0.2) is 17.5 Å². The van der Waals surface area contributed by atoms with E-state index in [1.807, 2.05) is 17.5 Å². The Hall–Kier alpha value is -1.76. The molecule has 2 heterocycles. The molecule has 6 nitrogen and oxygen atoms in total. The summed E-state index contributed by atoms with van der Waals surface area (Å²) in [6.45, 7) is 0. The number of aromatic nitrogens is 4. The van der Waals surface area contributed by atoms with Gasteiger partial charge in [0.25, 0.3) is 0 Å². The van der Waals surface area contributed by atoms with Gasteiger partial charge < -0.3 is 4.74 Å². The van der Waals surface area contributed by atoms with Crippen molar-refractivity contribution in [2.24, 2.45) is 0 Å². The lowest BCUT2D eigenvalue weighted by atomic mass is 10.0. The molecule has 0 amide bonds. The Kier molecular flexibility index (Phi) is 3.25. The van der Waals surface area contributed by atoms with Gasteiger partial charge in [0.2, 0.25) is 0 Å². The number of thiophene rings is 1. The SMILES string of the molecule is COC(=O)CC(c1nn[nH]n1)c1cccs1. The van der Waals surface area contributed by atoms with Crippen molar-refractivity contribution in [1.29, 1.82) is 0 Å². The van der Waals surface area contributed by atoms with Gasteiger partial charge in [-0.25, -0.2) is 0 Å². The second-order valence-electron chi connectivity index (χ2n) is 3.12. The molecule has 0 saturated heterocycles. The zero-order valence-electron chi connectivity index (χ0n) is 8.58. The van der Waals surface area contributed by atoms with E-state index in [4.69, 9.17) is 0 Å². The number of rotatable bonds is 4. The first-order valence-corrected chi connectivity index (χ1v) is 5.52. The summed E-state index contributed by atoms with van der Waals surface area (Å²) in [6.07, 6.45) is 0.219. The second kappa shape index (κ2) is 4.84. The predicted molar refractivity (Wildman–Crippen MR) is 57.0 cm³/mol.